The number of hydrogen-bond donors (Lipinski definition) is 3. The number of halogens is 2. The van der Waals surface area contributed by atoms with Crippen LogP contribution >= 0.6 is 0 Å². The van der Waals surface area contributed by atoms with Crippen molar-refractivity contribution in [1.82, 2.24) is 20.2 Å². The molecule has 3 rings (SSSR count). The van der Waals surface area contributed by atoms with E-state index in [4.69, 9.17) is 0 Å². The lowest BCUT2D eigenvalue weighted by Gasteiger charge is -2.29. The molecule has 4 atom stereocenters. The van der Waals surface area contributed by atoms with Crippen LogP contribution in [-0.2, 0) is 17.6 Å². The molecule has 2 aromatic rings. The second-order valence-corrected chi connectivity index (χ2v) is 11.0. The van der Waals surface area contributed by atoms with Gasteiger partial charge >= 0.3 is 0 Å². The first-order valence-electron chi connectivity index (χ1n) is 12.8. The van der Waals surface area contributed by atoms with E-state index in [9.17, 15) is 13.6 Å². The van der Waals surface area contributed by atoms with E-state index in [1.807, 2.05) is 17.7 Å². The number of fused-ring (bicyclic) bond motifs is 1. The number of benzene rings is 1. The summed E-state index contributed by atoms with van der Waals surface area (Å²) in [5, 5.41) is 9.93. The van der Waals surface area contributed by atoms with Gasteiger partial charge in [0.1, 0.15) is 11.6 Å². The molecule has 0 saturated carbocycles. The second kappa shape index (κ2) is 11.6. The van der Waals surface area contributed by atoms with E-state index in [0.717, 1.165) is 31.0 Å². The number of imidazole rings is 1. The molecule has 1 aromatic carbocycles. The second-order valence-electron chi connectivity index (χ2n) is 11.0. The molecule has 0 aliphatic heterocycles. The van der Waals surface area contributed by atoms with Gasteiger partial charge in [-0.05, 0) is 62.1 Å². The van der Waals surface area contributed by atoms with Gasteiger partial charge < -0.3 is 20.5 Å². The van der Waals surface area contributed by atoms with Crippen LogP contribution in [0.3, 0.4) is 0 Å². The Morgan fingerprint density at radius 2 is 2.00 bits per heavy atom. The van der Waals surface area contributed by atoms with Gasteiger partial charge in [-0.3, -0.25) is 4.79 Å². The van der Waals surface area contributed by atoms with E-state index in [0.29, 0.717) is 36.7 Å². The number of nitrogens with zero attached hydrogens (tertiary/aromatic N) is 2. The smallest absolute Gasteiger partial charge is 0.242 e. The molecule has 0 bridgehead atoms. The molecular weight excluding hydrogens is 448 g/mol. The fraction of sp³-hybridized carbons (Fsp3) is 0.630. The van der Waals surface area contributed by atoms with Crippen LogP contribution in [0.25, 0.3) is 0 Å². The Hall–Kier alpha value is -2.32. The van der Waals surface area contributed by atoms with E-state index >= 15 is 0 Å². The number of anilines is 1. The molecule has 0 saturated heterocycles. The topological polar surface area (TPSA) is 71.0 Å². The maximum Gasteiger partial charge on any atom is 0.242 e. The van der Waals surface area contributed by atoms with Gasteiger partial charge in [0.05, 0.1) is 12.4 Å². The Bertz CT molecular complexity index is 1000. The third kappa shape index (κ3) is 7.34. The van der Waals surface area contributed by atoms with Gasteiger partial charge in [-0.15, -0.1) is 0 Å². The number of rotatable bonds is 10. The van der Waals surface area contributed by atoms with Crippen molar-refractivity contribution in [3.63, 3.8) is 0 Å². The first-order valence-corrected chi connectivity index (χ1v) is 12.8. The van der Waals surface area contributed by atoms with Crippen molar-refractivity contribution in [2.75, 3.05) is 11.9 Å². The third-order valence-corrected chi connectivity index (χ3v) is 7.18. The Morgan fingerprint density at radius 3 is 2.69 bits per heavy atom. The summed E-state index contributed by atoms with van der Waals surface area (Å²) >= 11 is 0. The summed E-state index contributed by atoms with van der Waals surface area (Å²) in [4.78, 5) is 17.5. The molecule has 1 aromatic heterocycles. The predicted octanol–water partition coefficient (Wildman–Crippen LogP) is 5.00. The summed E-state index contributed by atoms with van der Waals surface area (Å²) in [5.41, 5.74) is 1.45. The van der Waals surface area contributed by atoms with Crippen LogP contribution in [0.5, 0.6) is 0 Å². The van der Waals surface area contributed by atoms with E-state index in [-0.39, 0.29) is 23.4 Å². The molecule has 3 N–H and O–H groups in total. The fourth-order valence-electron chi connectivity index (χ4n) is 4.41. The zero-order valence-electron chi connectivity index (χ0n) is 21.9. The molecule has 0 unspecified atom stereocenters. The van der Waals surface area contributed by atoms with Crippen molar-refractivity contribution in [2.24, 2.45) is 5.41 Å². The highest BCUT2D eigenvalue weighted by Crippen LogP contribution is 2.26. The summed E-state index contributed by atoms with van der Waals surface area (Å²) in [6.07, 6.45) is 6.86. The van der Waals surface area contributed by atoms with Crippen LogP contribution in [0.2, 0.25) is 0 Å². The van der Waals surface area contributed by atoms with Gasteiger partial charge in [0.15, 0.2) is 5.82 Å². The molecule has 0 radical (unpaired) electrons. The molecule has 35 heavy (non-hydrogen) atoms. The predicted molar refractivity (Wildman–Crippen MR) is 136 cm³/mol. The number of aryl methyl sites for hydroxylation is 1. The Labute approximate surface area is 208 Å². The minimum absolute atomic E-state index is 0.0433. The summed E-state index contributed by atoms with van der Waals surface area (Å²) < 4.78 is 29.8. The minimum atomic E-state index is -0.538. The summed E-state index contributed by atoms with van der Waals surface area (Å²) in [7, 11) is 0. The minimum Gasteiger partial charge on any atom is -0.331 e. The zero-order chi connectivity index (χ0) is 25.8. The maximum absolute atomic E-state index is 14.3. The van der Waals surface area contributed by atoms with Gasteiger partial charge in [0.25, 0.3) is 0 Å². The lowest BCUT2D eigenvalue weighted by molar-refractivity contribution is -0.118. The molecule has 8 heteroatoms. The number of hydrogen-bond acceptors (Lipinski definition) is 4. The van der Waals surface area contributed by atoms with Crippen LogP contribution in [0, 0.1) is 17.0 Å². The van der Waals surface area contributed by atoms with Crippen molar-refractivity contribution in [3.8, 4) is 0 Å². The summed E-state index contributed by atoms with van der Waals surface area (Å²) in [6.45, 7) is 13.8. The zero-order valence-corrected chi connectivity index (χ0v) is 21.9. The molecule has 6 nitrogen and oxygen atoms in total. The van der Waals surface area contributed by atoms with Gasteiger partial charge in [-0.2, -0.15) is 0 Å². The Balaban J connectivity index is 1.58. The average Bonchev–Trinajstić information content (AvgIpc) is 3.25. The van der Waals surface area contributed by atoms with E-state index in [1.54, 1.807) is 6.33 Å². The number of amides is 1. The van der Waals surface area contributed by atoms with E-state index in [2.05, 4.69) is 55.6 Å². The fourth-order valence-corrected chi connectivity index (χ4v) is 4.41. The molecule has 1 aliphatic rings. The summed E-state index contributed by atoms with van der Waals surface area (Å²) in [6, 6.07) is 2.46. The molecule has 194 valence electrons. The highest BCUT2D eigenvalue weighted by Gasteiger charge is 2.27. The monoisotopic (exact) mass is 489 g/mol. The van der Waals surface area contributed by atoms with Crippen LogP contribution in [-0.4, -0.2) is 40.1 Å². The van der Waals surface area contributed by atoms with Crippen LogP contribution in [0.15, 0.2) is 24.7 Å². The number of aromatic nitrogens is 2. The van der Waals surface area contributed by atoms with Crippen molar-refractivity contribution < 1.29 is 13.6 Å². The van der Waals surface area contributed by atoms with Crippen molar-refractivity contribution in [2.45, 2.75) is 97.8 Å². The van der Waals surface area contributed by atoms with Gasteiger partial charge in [-0.25, -0.2) is 13.8 Å². The lowest BCUT2D eigenvalue weighted by Crippen LogP contribution is -2.48. The Kier molecular flexibility index (Phi) is 9.05. The van der Waals surface area contributed by atoms with Gasteiger partial charge in [-0.1, -0.05) is 34.1 Å². The molecule has 1 aliphatic carbocycles. The first-order chi connectivity index (χ1) is 16.5. The standard InChI is InChI=1S/C27H41F2N5O/c1-7-8-24(32-21-10-9-19-11-20(28)12-23(29)22(19)13-21)26(35)33-25-15-34(16-31-25)17(2)14-30-18(3)27(4,5)6/h11-12,15-18,21,24,30,32H,7-10,13-14H2,1-6H3,(H,33,35)/t17-,18-,21-,24-/m0/s1. The largest absolute Gasteiger partial charge is 0.331 e. The quantitative estimate of drug-likeness (QED) is 0.439. The maximum atomic E-state index is 14.3. The SMILES string of the molecule is CCC[C@H](N[C@H]1CCc2cc(F)cc(F)c2C1)C(=O)Nc1cn([C@@H](C)CN[C@@H](C)C(C)(C)C)cn1. The van der Waals surface area contributed by atoms with E-state index < -0.39 is 17.7 Å². The molecule has 1 amide bonds. The van der Waals surface area contributed by atoms with Crippen molar-refractivity contribution in [1.29, 1.82) is 0 Å². The molecular formula is C27H41F2N5O. The highest BCUT2D eigenvalue weighted by molar-refractivity contribution is 5.94. The van der Waals surface area contributed by atoms with Gasteiger partial charge in [0, 0.05) is 36.9 Å². The van der Waals surface area contributed by atoms with Crippen LogP contribution < -0.4 is 16.0 Å². The molecule has 1 heterocycles. The van der Waals surface area contributed by atoms with Crippen molar-refractivity contribution in [3.05, 3.63) is 47.4 Å². The number of nitrogens with one attached hydrogen (secondary N) is 3. The number of carbonyl (C=O) groups is 1. The first kappa shape index (κ1) is 27.3. The van der Waals surface area contributed by atoms with E-state index in [1.165, 1.54) is 6.07 Å². The molecule has 0 fully saturated rings. The lowest BCUT2D eigenvalue weighted by atomic mass is 9.87. The summed E-state index contributed by atoms with van der Waals surface area (Å²) in [5.74, 6) is -0.670. The Morgan fingerprint density at radius 1 is 1.26 bits per heavy atom. The van der Waals surface area contributed by atoms with Crippen LogP contribution in [0.4, 0.5) is 14.6 Å². The molecule has 0 spiro atoms. The normalized spacial score (nSPS) is 18.6. The van der Waals surface area contributed by atoms with Gasteiger partial charge in [0.2, 0.25) is 5.91 Å². The highest BCUT2D eigenvalue weighted by atomic mass is 19.1. The van der Waals surface area contributed by atoms with Crippen LogP contribution in [0.1, 0.15) is 78.0 Å². The van der Waals surface area contributed by atoms with Crippen molar-refractivity contribution >= 4 is 11.7 Å². The number of carbonyl (C=O) groups excluding carboxylic acids is 1. The average molecular weight is 490 g/mol. The third-order valence-electron chi connectivity index (χ3n) is 7.18.